The van der Waals surface area contributed by atoms with Crippen LogP contribution in [-0.4, -0.2) is 10.9 Å². The van der Waals surface area contributed by atoms with E-state index in [0.717, 1.165) is 6.07 Å². The lowest BCUT2D eigenvalue weighted by molar-refractivity contribution is 0.377. The Kier molecular flexibility index (Phi) is 3.98. The smallest absolute Gasteiger partial charge is 0.273 e. The summed E-state index contributed by atoms with van der Waals surface area (Å²) in [4.78, 5) is 11.6. The molecular weight excluding hydrogens is 309 g/mol. The summed E-state index contributed by atoms with van der Waals surface area (Å²) in [6.45, 7) is 1.58. The van der Waals surface area contributed by atoms with Gasteiger partial charge >= 0.3 is 0 Å². The van der Waals surface area contributed by atoms with Crippen LogP contribution in [0.1, 0.15) is 11.1 Å². The molecule has 0 fully saturated rings. The van der Waals surface area contributed by atoms with Gasteiger partial charge in [-0.15, -0.1) is 0 Å². The Labute approximate surface area is 120 Å². The molecule has 2 aromatic rings. The van der Waals surface area contributed by atoms with Crippen molar-refractivity contribution >= 4 is 12.0 Å². The maximum Gasteiger partial charge on any atom is 0.273 e. The van der Waals surface area contributed by atoms with Gasteiger partial charge in [0.25, 0.3) is 5.56 Å². The van der Waals surface area contributed by atoms with Crippen molar-refractivity contribution in [2.45, 2.75) is 6.92 Å². The average molecular weight is 317 g/mol. The van der Waals surface area contributed by atoms with Crippen molar-refractivity contribution in [2.75, 3.05) is 5.73 Å². The number of hydrogen-bond acceptors (Lipinski definition) is 3. The van der Waals surface area contributed by atoms with E-state index < -0.39 is 40.2 Å². The molecule has 0 radical (unpaired) electrons. The zero-order valence-corrected chi connectivity index (χ0v) is 11.0. The number of rotatable bonds is 2. The van der Waals surface area contributed by atoms with Crippen molar-refractivity contribution in [3.8, 4) is 0 Å². The molecule has 0 spiro atoms. The van der Waals surface area contributed by atoms with Crippen molar-refractivity contribution in [2.24, 2.45) is 5.10 Å². The molecule has 0 saturated heterocycles. The predicted octanol–water partition coefficient (Wildman–Crippen LogP) is 2.32. The largest absolute Gasteiger partial charge is 0.384 e. The van der Waals surface area contributed by atoms with Crippen LogP contribution in [-0.2, 0) is 0 Å². The molecule has 0 saturated carbocycles. The molecule has 1 aromatic heterocycles. The van der Waals surface area contributed by atoms with Crippen molar-refractivity contribution in [1.82, 2.24) is 4.68 Å². The fraction of sp³-hybridized carbons (Fsp3) is 0.0769. The van der Waals surface area contributed by atoms with E-state index in [2.05, 4.69) is 5.10 Å². The Morgan fingerprint density at radius 3 is 2.00 bits per heavy atom. The third kappa shape index (κ3) is 2.57. The third-order valence-electron chi connectivity index (χ3n) is 2.73. The molecule has 0 aliphatic rings. The molecule has 0 unspecified atom stereocenters. The molecule has 0 aliphatic heterocycles. The summed E-state index contributed by atoms with van der Waals surface area (Å²) in [6.07, 6.45) is 0.337. The van der Waals surface area contributed by atoms with Crippen LogP contribution in [0, 0.1) is 36.0 Å². The standard InChI is InChI=1S/C13H8F5N3O/c1-5-2-7(19)21(8(22)3-5)20-4-6-9(14)11(16)13(18)12(17)10(6)15/h2-4H,19H2,1H3. The average Bonchev–Trinajstić information content (AvgIpc) is 2.45. The SMILES string of the molecule is Cc1cc(N)n(N=Cc2c(F)c(F)c(F)c(F)c2F)c(=O)c1. The number of benzene rings is 1. The molecule has 1 heterocycles. The number of aryl methyl sites for hydroxylation is 1. The van der Waals surface area contributed by atoms with Crippen LogP contribution in [0.3, 0.4) is 0 Å². The van der Waals surface area contributed by atoms with Crippen LogP contribution in [0.15, 0.2) is 22.0 Å². The van der Waals surface area contributed by atoms with E-state index in [-0.39, 0.29) is 5.82 Å². The highest BCUT2D eigenvalue weighted by molar-refractivity contribution is 5.80. The van der Waals surface area contributed by atoms with Crippen LogP contribution in [0.2, 0.25) is 0 Å². The quantitative estimate of drug-likeness (QED) is 0.400. The van der Waals surface area contributed by atoms with Gasteiger partial charge in [0, 0.05) is 6.07 Å². The topological polar surface area (TPSA) is 60.4 Å². The number of nitrogens with zero attached hydrogens (tertiary/aromatic N) is 2. The second-order valence-electron chi connectivity index (χ2n) is 4.34. The minimum absolute atomic E-state index is 0.162. The molecule has 116 valence electrons. The van der Waals surface area contributed by atoms with Gasteiger partial charge in [-0.3, -0.25) is 4.79 Å². The maximum absolute atomic E-state index is 13.4. The number of nitrogen functional groups attached to an aromatic ring is 1. The van der Waals surface area contributed by atoms with Gasteiger partial charge in [0.05, 0.1) is 11.8 Å². The molecule has 2 rings (SSSR count). The van der Waals surface area contributed by atoms with Gasteiger partial charge in [0.1, 0.15) is 5.82 Å². The molecule has 1 aromatic carbocycles. The second-order valence-corrected chi connectivity index (χ2v) is 4.34. The molecule has 0 bridgehead atoms. The van der Waals surface area contributed by atoms with Crippen LogP contribution in [0.5, 0.6) is 0 Å². The highest BCUT2D eigenvalue weighted by atomic mass is 19.2. The zero-order chi connectivity index (χ0) is 16.6. The van der Waals surface area contributed by atoms with Gasteiger partial charge < -0.3 is 5.73 Å². The molecule has 0 atom stereocenters. The monoisotopic (exact) mass is 317 g/mol. The van der Waals surface area contributed by atoms with Crippen LogP contribution >= 0.6 is 0 Å². The lowest BCUT2D eigenvalue weighted by Crippen LogP contribution is -2.19. The summed E-state index contributed by atoms with van der Waals surface area (Å²) in [5.41, 5.74) is 4.02. The number of anilines is 1. The zero-order valence-electron chi connectivity index (χ0n) is 11.0. The highest BCUT2D eigenvalue weighted by Crippen LogP contribution is 2.21. The van der Waals surface area contributed by atoms with E-state index in [1.165, 1.54) is 6.07 Å². The first kappa shape index (κ1) is 15.7. The van der Waals surface area contributed by atoms with E-state index in [0.29, 0.717) is 16.5 Å². The Morgan fingerprint density at radius 1 is 1.00 bits per heavy atom. The molecule has 22 heavy (non-hydrogen) atoms. The van der Waals surface area contributed by atoms with Crippen molar-refractivity contribution in [3.05, 3.63) is 62.7 Å². The second kappa shape index (κ2) is 5.58. The van der Waals surface area contributed by atoms with Crippen molar-refractivity contribution in [1.29, 1.82) is 0 Å². The van der Waals surface area contributed by atoms with Crippen molar-refractivity contribution in [3.63, 3.8) is 0 Å². The normalized spacial score (nSPS) is 11.4. The molecule has 9 heteroatoms. The summed E-state index contributed by atoms with van der Waals surface area (Å²) < 4.78 is 66.4. The minimum Gasteiger partial charge on any atom is -0.384 e. The van der Waals surface area contributed by atoms with E-state index in [9.17, 15) is 26.7 Å². The Balaban J connectivity index is 2.60. The number of pyridine rings is 1. The first-order valence-corrected chi connectivity index (χ1v) is 5.79. The molecule has 2 N–H and O–H groups in total. The predicted molar refractivity (Wildman–Crippen MR) is 69.1 cm³/mol. The van der Waals surface area contributed by atoms with Gasteiger partial charge in [-0.05, 0) is 18.6 Å². The lowest BCUT2D eigenvalue weighted by atomic mass is 10.2. The Hall–Kier alpha value is -2.71. The van der Waals surface area contributed by atoms with Crippen molar-refractivity contribution < 1.29 is 22.0 Å². The van der Waals surface area contributed by atoms with Gasteiger partial charge in [0.2, 0.25) is 5.82 Å². The number of hydrogen-bond donors (Lipinski definition) is 1. The fourth-order valence-corrected chi connectivity index (χ4v) is 1.69. The molecular formula is C13H8F5N3O. The van der Waals surface area contributed by atoms with Gasteiger partial charge in [0.15, 0.2) is 23.3 Å². The van der Waals surface area contributed by atoms with Crippen LogP contribution in [0.25, 0.3) is 0 Å². The molecule has 4 nitrogen and oxygen atoms in total. The van der Waals surface area contributed by atoms with Gasteiger partial charge in [-0.25, -0.2) is 22.0 Å². The summed E-state index contributed by atoms with van der Waals surface area (Å²) >= 11 is 0. The van der Waals surface area contributed by atoms with Crippen LogP contribution < -0.4 is 11.3 Å². The third-order valence-corrected chi connectivity index (χ3v) is 2.73. The number of aromatic nitrogens is 1. The van der Waals surface area contributed by atoms with Crippen LogP contribution in [0.4, 0.5) is 27.8 Å². The van der Waals surface area contributed by atoms with E-state index >= 15 is 0 Å². The Morgan fingerprint density at radius 2 is 1.50 bits per heavy atom. The molecule has 0 amide bonds. The fourth-order valence-electron chi connectivity index (χ4n) is 1.69. The van der Waals surface area contributed by atoms with E-state index in [4.69, 9.17) is 5.73 Å². The van der Waals surface area contributed by atoms with E-state index in [1.807, 2.05) is 0 Å². The van der Waals surface area contributed by atoms with E-state index in [1.54, 1.807) is 6.92 Å². The number of halogens is 5. The number of nitrogens with two attached hydrogens (primary N) is 1. The minimum atomic E-state index is -2.28. The summed E-state index contributed by atoms with van der Waals surface area (Å²) in [5.74, 6) is -10.8. The van der Waals surface area contributed by atoms with Gasteiger partial charge in [-0.2, -0.15) is 9.78 Å². The highest BCUT2D eigenvalue weighted by Gasteiger charge is 2.24. The van der Waals surface area contributed by atoms with Gasteiger partial charge in [-0.1, -0.05) is 0 Å². The summed E-state index contributed by atoms with van der Waals surface area (Å²) in [5, 5.41) is 3.37. The maximum atomic E-state index is 13.4. The molecule has 0 aliphatic carbocycles. The first-order valence-electron chi connectivity index (χ1n) is 5.79. The lowest BCUT2D eigenvalue weighted by Gasteiger charge is -2.06. The summed E-state index contributed by atoms with van der Waals surface area (Å²) in [7, 11) is 0. The first-order chi connectivity index (χ1) is 10.2. The summed E-state index contributed by atoms with van der Waals surface area (Å²) in [6, 6.07) is 2.48. The Bertz CT molecular complexity index is 816.